The maximum absolute atomic E-state index is 13.3. The largest absolute Gasteiger partial charge is 0.330 e. The molecule has 0 unspecified atom stereocenters. The summed E-state index contributed by atoms with van der Waals surface area (Å²) in [5.41, 5.74) is 6.09. The topological polar surface area (TPSA) is 72.4 Å². The van der Waals surface area contributed by atoms with Crippen molar-refractivity contribution in [2.45, 2.75) is 19.4 Å². The zero-order valence-electron chi connectivity index (χ0n) is 10.7. The molecule has 6 heteroatoms. The Balaban J connectivity index is 2.01. The standard InChI is InChI=1S/C13H18FN3O2/c14-12-5-11(6-13(7-12)17(18)19)9-16-3-1-10(8-15)2-4-16/h5-7,10H,1-4,8-9,15H2. The molecule has 0 atom stereocenters. The van der Waals surface area contributed by atoms with Crippen LogP contribution in [0.3, 0.4) is 0 Å². The number of nitro benzene ring substituents is 1. The van der Waals surface area contributed by atoms with Crippen molar-refractivity contribution in [3.8, 4) is 0 Å². The van der Waals surface area contributed by atoms with Crippen molar-refractivity contribution in [3.63, 3.8) is 0 Å². The Morgan fingerprint density at radius 2 is 2.05 bits per heavy atom. The fourth-order valence-corrected chi connectivity index (χ4v) is 2.47. The van der Waals surface area contributed by atoms with Crippen LogP contribution in [0.25, 0.3) is 0 Å². The monoisotopic (exact) mass is 267 g/mol. The van der Waals surface area contributed by atoms with Gasteiger partial charge in [-0.1, -0.05) is 0 Å². The number of halogens is 1. The number of hydrogen-bond donors (Lipinski definition) is 1. The quantitative estimate of drug-likeness (QED) is 0.668. The predicted molar refractivity (Wildman–Crippen MR) is 70.1 cm³/mol. The molecule has 1 fully saturated rings. The van der Waals surface area contributed by atoms with Crippen molar-refractivity contribution in [1.29, 1.82) is 0 Å². The second kappa shape index (κ2) is 6.08. The lowest BCUT2D eigenvalue weighted by molar-refractivity contribution is -0.385. The Labute approximate surface area is 111 Å². The molecule has 1 aromatic rings. The van der Waals surface area contributed by atoms with Crippen LogP contribution in [0.15, 0.2) is 18.2 Å². The van der Waals surface area contributed by atoms with Gasteiger partial charge >= 0.3 is 0 Å². The Morgan fingerprint density at radius 3 is 2.63 bits per heavy atom. The Kier molecular flexibility index (Phi) is 4.44. The lowest BCUT2D eigenvalue weighted by Gasteiger charge is -2.31. The third kappa shape index (κ3) is 3.71. The summed E-state index contributed by atoms with van der Waals surface area (Å²) in [6, 6.07) is 3.75. The number of non-ortho nitro benzene ring substituents is 1. The van der Waals surface area contributed by atoms with E-state index in [1.807, 2.05) is 0 Å². The van der Waals surface area contributed by atoms with Gasteiger partial charge in [-0.3, -0.25) is 15.0 Å². The molecule has 1 aliphatic heterocycles. The molecule has 0 amide bonds. The molecule has 1 saturated heterocycles. The molecule has 5 nitrogen and oxygen atoms in total. The van der Waals surface area contributed by atoms with E-state index in [2.05, 4.69) is 4.90 Å². The molecule has 0 spiro atoms. The molecule has 0 aromatic heterocycles. The molecule has 2 rings (SSSR count). The first kappa shape index (κ1) is 13.9. The summed E-state index contributed by atoms with van der Waals surface area (Å²) in [6.07, 6.45) is 2.07. The first-order valence-electron chi connectivity index (χ1n) is 6.45. The average molecular weight is 267 g/mol. The predicted octanol–water partition coefficient (Wildman–Crippen LogP) is 1.90. The van der Waals surface area contributed by atoms with Crippen LogP contribution in [0, 0.1) is 21.8 Å². The van der Waals surface area contributed by atoms with E-state index in [-0.39, 0.29) is 5.69 Å². The number of likely N-dealkylation sites (tertiary alicyclic amines) is 1. The summed E-state index contributed by atoms with van der Waals surface area (Å²) in [5.74, 6) is 0.0131. The minimum absolute atomic E-state index is 0.188. The minimum Gasteiger partial charge on any atom is -0.330 e. The highest BCUT2D eigenvalue weighted by atomic mass is 19.1. The third-order valence-corrected chi connectivity index (χ3v) is 3.60. The third-order valence-electron chi connectivity index (χ3n) is 3.60. The highest BCUT2D eigenvalue weighted by Crippen LogP contribution is 2.21. The molecule has 104 valence electrons. The van der Waals surface area contributed by atoms with E-state index in [0.29, 0.717) is 24.6 Å². The Hall–Kier alpha value is -1.53. The molecule has 19 heavy (non-hydrogen) atoms. The van der Waals surface area contributed by atoms with Crippen LogP contribution in [-0.2, 0) is 6.54 Å². The highest BCUT2D eigenvalue weighted by molar-refractivity contribution is 5.35. The maximum atomic E-state index is 13.3. The Morgan fingerprint density at radius 1 is 1.37 bits per heavy atom. The van der Waals surface area contributed by atoms with Crippen molar-refractivity contribution in [3.05, 3.63) is 39.7 Å². The van der Waals surface area contributed by atoms with E-state index < -0.39 is 10.7 Å². The summed E-state index contributed by atoms with van der Waals surface area (Å²) in [4.78, 5) is 12.3. The van der Waals surface area contributed by atoms with Crippen LogP contribution in [0.5, 0.6) is 0 Å². The van der Waals surface area contributed by atoms with Crippen molar-refractivity contribution < 1.29 is 9.31 Å². The highest BCUT2D eigenvalue weighted by Gasteiger charge is 2.19. The molecule has 0 radical (unpaired) electrons. The zero-order chi connectivity index (χ0) is 13.8. The van der Waals surface area contributed by atoms with Crippen LogP contribution in [0.2, 0.25) is 0 Å². The van der Waals surface area contributed by atoms with E-state index >= 15 is 0 Å². The van der Waals surface area contributed by atoms with Gasteiger partial charge in [0, 0.05) is 12.6 Å². The van der Waals surface area contributed by atoms with Gasteiger partial charge in [0.05, 0.1) is 11.0 Å². The van der Waals surface area contributed by atoms with Crippen LogP contribution >= 0.6 is 0 Å². The fourth-order valence-electron chi connectivity index (χ4n) is 2.47. The molecule has 1 aromatic carbocycles. The van der Waals surface area contributed by atoms with Gasteiger partial charge in [-0.2, -0.15) is 0 Å². The first-order valence-corrected chi connectivity index (χ1v) is 6.45. The molecule has 1 aliphatic rings. The molecule has 0 saturated carbocycles. The first-order chi connectivity index (χ1) is 9.08. The van der Waals surface area contributed by atoms with Crippen LogP contribution in [-0.4, -0.2) is 29.5 Å². The van der Waals surface area contributed by atoms with Gasteiger partial charge in [-0.05, 0) is 50.0 Å². The second-order valence-electron chi connectivity index (χ2n) is 5.03. The number of benzene rings is 1. The van der Waals surface area contributed by atoms with E-state index in [0.717, 1.165) is 32.0 Å². The van der Waals surface area contributed by atoms with Crippen LogP contribution in [0.1, 0.15) is 18.4 Å². The van der Waals surface area contributed by atoms with Crippen molar-refractivity contribution in [1.82, 2.24) is 4.90 Å². The fraction of sp³-hybridized carbons (Fsp3) is 0.538. The molecule has 2 N–H and O–H groups in total. The van der Waals surface area contributed by atoms with E-state index in [9.17, 15) is 14.5 Å². The maximum Gasteiger partial charge on any atom is 0.272 e. The molecular formula is C13H18FN3O2. The number of piperidine rings is 1. The number of hydrogen-bond acceptors (Lipinski definition) is 4. The van der Waals surface area contributed by atoms with Crippen LogP contribution < -0.4 is 5.73 Å². The van der Waals surface area contributed by atoms with Gasteiger partial charge in [0.15, 0.2) is 0 Å². The summed E-state index contributed by atoms with van der Waals surface area (Å²) in [7, 11) is 0. The van der Waals surface area contributed by atoms with Gasteiger partial charge in [0.1, 0.15) is 5.82 Å². The minimum atomic E-state index is -0.562. The molecule has 0 bridgehead atoms. The summed E-state index contributed by atoms with van der Waals surface area (Å²) in [5, 5.41) is 10.7. The van der Waals surface area contributed by atoms with Gasteiger partial charge in [0.2, 0.25) is 0 Å². The van der Waals surface area contributed by atoms with E-state index in [4.69, 9.17) is 5.73 Å². The molecule has 1 heterocycles. The SMILES string of the molecule is NCC1CCN(Cc2cc(F)cc([N+](=O)[O-])c2)CC1. The number of nitro groups is 1. The lowest BCUT2D eigenvalue weighted by atomic mass is 9.97. The van der Waals surface area contributed by atoms with Crippen molar-refractivity contribution in [2.75, 3.05) is 19.6 Å². The van der Waals surface area contributed by atoms with Crippen LogP contribution in [0.4, 0.5) is 10.1 Å². The number of rotatable bonds is 4. The van der Waals surface area contributed by atoms with Crippen molar-refractivity contribution in [2.24, 2.45) is 11.7 Å². The van der Waals surface area contributed by atoms with Gasteiger partial charge in [-0.15, -0.1) is 0 Å². The summed E-state index contributed by atoms with van der Waals surface area (Å²) < 4.78 is 13.3. The van der Waals surface area contributed by atoms with Gasteiger partial charge in [0.25, 0.3) is 5.69 Å². The van der Waals surface area contributed by atoms with Gasteiger partial charge < -0.3 is 5.73 Å². The lowest BCUT2D eigenvalue weighted by Crippen LogP contribution is -2.35. The van der Waals surface area contributed by atoms with Crippen molar-refractivity contribution >= 4 is 5.69 Å². The molecule has 0 aliphatic carbocycles. The number of nitrogens with zero attached hydrogens (tertiary/aromatic N) is 2. The van der Waals surface area contributed by atoms with Gasteiger partial charge in [-0.25, -0.2) is 4.39 Å². The molecular weight excluding hydrogens is 249 g/mol. The number of nitrogens with two attached hydrogens (primary N) is 1. The average Bonchev–Trinajstić information content (AvgIpc) is 2.39. The second-order valence-corrected chi connectivity index (χ2v) is 5.03. The van der Waals surface area contributed by atoms with E-state index in [1.54, 1.807) is 0 Å². The van der Waals surface area contributed by atoms with E-state index in [1.165, 1.54) is 12.1 Å². The summed E-state index contributed by atoms with van der Waals surface area (Å²) in [6.45, 7) is 3.08. The zero-order valence-corrected chi connectivity index (χ0v) is 10.7. The summed E-state index contributed by atoms with van der Waals surface area (Å²) >= 11 is 0. The smallest absolute Gasteiger partial charge is 0.272 e. The normalized spacial score (nSPS) is 17.6. The Bertz CT molecular complexity index is 459.